The lowest BCUT2D eigenvalue weighted by molar-refractivity contribution is -0.0442. The molecule has 2 aromatic rings. The molecule has 1 N–H and O–H groups in total. The van der Waals surface area contributed by atoms with Crippen LogP contribution in [0.3, 0.4) is 0 Å². The minimum atomic E-state index is -6.15. The van der Waals surface area contributed by atoms with E-state index in [1.54, 1.807) is 18.2 Å². The highest BCUT2D eigenvalue weighted by Gasteiger charge is 2.49. The average molecular weight is 427 g/mol. The van der Waals surface area contributed by atoms with Gasteiger partial charge >= 0.3 is 25.8 Å². The SMILES string of the molecule is O=S(=O)(NS(=O)(=O)C(F)(F)F)Oc1cccc2ccc(OCC3CO3)cc12. The third-order valence-electron chi connectivity index (χ3n) is 3.37. The number of nitrogens with one attached hydrogen (secondary N) is 1. The number of benzene rings is 2. The molecule has 1 atom stereocenters. The fraction of sp³-hybridized carbons (Fsp3) is 0.286. The molecule has 0 aromatic heterocycles. The number of hydrogen-bond acceptors (Lipinski definition) is 7. The first-order valence-corrected chi connectivity index (χ1v) is 10.2. The lowest BCUT2D eigenvalue weighted by atomic mass is 10.1. The van der Waals surface area contributed by atoms with Crippen molar-refractivity contribution in [2.45, 2.75) is 11.6 Å². The summed E-state index contributed by atoms with van der Waals surface area (Å²) in [7, 11) is -11.5. The Balaban J connectivity index is 1.87. The monoisotopic (exact) mass is 427 g/mol. The number of hydrogen-bond donors (Lipinski definition) is 1. The average Bonchev–Trinajstić information content (AvgIpc) is 3.35. The van der Waals surface area contributed by atoms with Gasteiger partial charge in [0.1, 0.15) is 18.5 Å². The Morgan fingerprint density at radius 2 is 1.85 bits per heavy atom. The van der Waals surface area contributed by atoms with Crippen LogP contribution in [-0.4, -0.2) is 41.7 Å². The smallest absolute Gasteiger partial charge is 0.491 e. The van der Waals surface area contributed by atoms with Crippen molar-refractivity contribution in [1.82, 2.24) is 4.13 Å². The number of fused-ring (bicyclic) bond motifs is 1. The van der Waals surface area contributed by atoms with Crippen molar-refractivity contribution in [2.75, 3.05) is 13.2 Å². The van der Waals surface area contributed by atoms with E-state index in [-0.39, 0.29) is 23.8 Å². The summed E-state index contributed by atoms with van der Waals surface area (Å²) in [4.78, 5) is 0. The van der Waals surface area contributed by atoms with E-state index in [9.17, 15) is 30.0 Å². The molecule has 3 rings (SSSR count). The normalized spacial score (nSPS) is 17.7. The second-order valence-electron chi connectivity index (χ2n) is 5.48. The minimum Gasteiger partial charge on any atom is -0.491 e. The quantitative estimate of drug-likeness (QED) is 0.669. The third kappa shape index (κ3) is 4.80. The first-order chi connectivity index (χ1) is 12.5. The first kappa shape index (κ1) is 19.7. The molecule has 2 aromatic carbocycles. The molecule has 0 radical (unpaired) electrons. The Kier molecular flexibility index (Phi) is 4.96. The standard InChI is InChI=1S/C14H12F3NO7S2/c15-14(16,17)26(19,20)18-27(21,22)25-13-3-1-2-9-4-5-10(6-12(9)13)23-7-11-8-24-11/h1-6,11,18H,7-8H2. The number of sulfonamides is 1. The minimum absolute atomic E-state index is 0.0238. The fourth-order valence-corrected chi connectivity index (χ4v) is 4.03. The molecule has 0 amide bonds. The van der Waals surface area contributed by atoms with E-state index >= 15 is 0 Å². The van der Waals surface area contributed by atoms with Gasteiger partial charge in [-0.05, 0) is 23.6 Å². The van der Waals surface area contributed by atoms with Gasteiger partial charge in [0.25, 0.3) is 0 Å². The Labute approximate surface area is 152 Å². The molecule has 27 heavy (non-hydrogen) atoms. The van der Waals surface area contributed by atoms with Crippen molar-refractivity contribution in [3.05, 3.63) is 36.4 Å². The van der Waals surface area contributed by atoms with Crippen LogP contribution in [0.15, 0.2) is 36.4 Å². The van der Waals surface area contributed by atoms with Crippen LogP contribution in [0.25, 0.3) is 10.8 Å². The first-order valence-electron chi connectivity index (χ1n) is 7.28. The summed E-state index contributed by atoms with van der Waals surface area (Å²) in [6.07, 6.45) is -0.0238. The number of epoxide rings is 1. The lowest BCUT2D eigenvalue weighted by Crippen LogP contribution is -2.42. The molecule has 148 valence electrons. The molecule has 0 spiro atoms. The molecule has 8 nitrogen and oxygen atoms in total. The van der Waals surface area contributed by atoms with Gasteiger partial charge in [-0.15, -0.1) is 0 Å². The molecule has 1 aliphatic rings. The van der Waals surface area contributed by atoms with Gasteiger partial charge in [-0.2, -0.15) is 21.6 Å². The highest BCUT2D eigenvalue weighted by atomic mass is 32.3. The van der Waals surface area contributed by atoms with E-state index in [4.69, 9.17) is 9.47 Å². The molecule has 0 saturated carbocycles. The lowest BCUT2D eigenvalue weighted by Gasteiger charge is -2.13. The molecular formula is C14H12F3NO7S2. The second-order valence-corrected chi connectivity index (χ2v) is 8.69. The Morgan fingerprint density at radius 3 is 2.48 bits per heavy atom. The zero-order chi connectivity index (χ0) is 19.9. The maximum Gasteiger partial charge on any atom is 0.512 e. The van der Waals surface area contributed by atoms with Crippen molar-refractivity contribution in [3.63, 3.8) is 0 Å². The predicted molar refractivity (Wildman–Crippen MR) is 86.8 cm³/mol. The Morgan fingerprint density at radius 1 is 1.15 bits per heavy atom. The van der Waals surface area contributed by atoms with Crippen molar-refractivity contribution in [3.8, 4) is 11.5 Å². The maximum atomic E-state index is 12.4. The van der Waals surface area contributed by atoms with Crippen LogP contribution >= 0.6 is 0 Å². The molecule has 13 heteroatoms. The van der Waals surface area contributed by atoms with E-state index in [1.807, 2.05) is 0 Å². The summed E-state index contributed by atoms with van der Waals surface area (Å²) in [5.41, 5.74) is -5.81. The van der Waals surface area contributed by atoms with Gasteiger partial charge in [0.15, 0.2) is 5.75 Å². The number of alkyl halides is 3. The number of halogens is 3. The van der Waals surface area contributed by atoms with E-state index in [1.165, 1.54) is 12.1 Å². The van der Waals surface area contributed by atoms with Gasteiger partial charge in [0.2, 0.25) is 0 Å². The number of rotatable bonds is 7. The highest BCUT2D eigenvalue weighted by Crippen LogP contribution is 2.31. The van der Waals surface area contributed by atoms with Crippen LogP contribution in [0.5, 0.6) is 11.5 Å². The molecule has 1 saturated heterocycles. The zero-order valence-corrected chi connectivity index (χ0v) is 14.9. The molecular weight excluding hydrogens is 415 g/mol. The predicted octanol–water partition coefficient (Wildman–Crippen LogP) is 1.68. The summed E-state index contributed by atoms with van der Waals surface area (Å²) in [5.74, 6) is -0.0205. The largest absolute Gasteiger partial charge is 0.512 e. The molecule has 0 bridgehead atoms. The summed E-state index contributed by atoms with van der Waals surface area (Å²) in [5, 5.41) is 0.692. The molecule has 1 unspecified atom stereocenters. The van der Waals surface area contributed by atoms with Crippen molar-refractivity contribution >= 4 is 31.1 Å². The topological polar surface area (TPSA) is 111 Å². The highest BCUT2D eigenvalue weighted by molar-refractivity contribution is 8.03. The van der Waals surface area contributed by atoms with Gasteiger partial charge in [0, 0.05) is 5.39 Å². The molecule has 1 fully saturated rings. The molecule has 1 heterocycles. The van der Waals surface area contributed by atoms with Crippen molar-refractivity contribution in [1.29, 1.82) is 0 Å². The Hall–Kier alpha value is -2.09. The molecule has 0 aliphatic carbocycles. The van der Waals surface area contributed by atoms with E-state index in [2.05, 4.69) is 4.18 Å². The van der Waals surface area contributed by atoms with Crippen LogP contribution in [0, 0.1) is 0 Å². The fourth-order valence-electron chi connectivity index (χ4n) is 2.06. The van der Waals surface area contributed by atoms with Gasteiger partial charge in [-0.3, -0.25) is 0 Å². The van der Waals surface area contributed by atoms with Crippen LogP contribution in [0.2, 0.25) is 0 Å². The summed E-state index contributed by atoms with van der Waals surface area (Å²) < 4.78 is 98.1. The summed E-state index contributed by atoms with van der Waals surface area (Å²) in [6.45, 7) is 0.845. The van der Waals surface area contributed by atoms with Gasteiger partial charge < -0.3 is 13.7 Å². The Bertz CT molecular complexity index is 1060. The number of ether oxygens (including phenoxy) is 2. The third-order valence-corrected chi connectivity index (χ3v) is 6.07. The van der Waals surface area contributed by atoms with Crippen molar-refractivity contribution in [2.24, 2.45) is 0 Å². The van der Waals surface area contributed by atoms with Gasteiger partial charge in [-0.25, -0.2) is 8.42 Å². The molecule has 1 aliphatic heterocycles. The van der Waals surface area contributed by atoms with Crippen LogP contribution in [0.1, 0.15) is 0 Å². The van der Waals surface area contributed by atoms with E-state index in [0.29, 0.717) is 21.9 Å². The summed E-state index contributed by atoms with van der Waals surface area (Å²) >= 11 is 0. The zero-order valence-electron chi connectivity index (χ0n) is 13.3. The van der Waals surface area contributed by atoms with E-state index in [0.717, 1.165) is 6.07 Å². The van der Waals surface area contributed by atoms with Crippen LogP contribution < -0.4 is 13.0 Å². The second kappa shape index (κ2) is 6.82. The van der Waals surface area contributed by atoms with Crippen LogP contribution in [0.4, 0.5) is 13.2 Å². The van der Waals surface area contributed by atoms with Gasteiger partial charge in [0.05, 0.1) is 6.61 Å². The van der Waals surface area contributed by atoms with E-state index < -0.39 is 25.8 Å². The summed E-state index contributed by atoms with van der Waals surface area (Å²) in [6, 6.07) is 8.76. The van der Waals surface area contributed by atoms with Gasteiger partial charge in [-0.1, -0.05) is 22.3 Å². The maximum absolute atomic E-state index is 12.4. The van der Waals surface area contributed by atoms with Crippen LogP contribution in [-0.2, 0) is 25.1 Å². The van der Waals surface area contributed by atoms with Crippen molar-refractivity contribution < 1.29 is 43.7 Å².